The summed E-state index contributed by atoms with van der Waals surface area (Å²) in [4.78, 5) is 15.9. The number of benzene rings is 1. The van der Waals surface area contributed by atoms with E-state index >= 15 is 0 Å². The molecule has 132 valence electrons. The highest BCUT2D eigenvalue weighted by atomic mass is 19.1. The summed E-state index contributed by atoms with van der Waals surface area (Å²) in [6, 6.07) is 6.10. The molecule has 25 heavy (non-hydrogen) atoms. The Bertz CT molecular complexity index is 781. The van der Waals surface area contributed by atoms with Crippen molar-refractivity contribution in [3.05, 3.63) is 36.0 Å². The third kappa shape index (κ3) is 3.27. The lowest BCUT2D eigenvalue weighted by Gasteiger charge is -2.25. The van der Waals surface area contributed by atoms with Gasteiger partial charge < -0.3 is 14.1 Å². The highest BCUT2D eigenvalue weighted by Crippen LogP contribution is 2.24. The molecule has 4 rings (SSSR count). The van der Waals surface area contributed by atoms with Crippen molar-refractivity contribution in [3.8, 4) is 11.5 Å². The Kier molecular flexibility index (Phi) is 4.22. The van der Waals surface area contributed by atoms with Gasteiger partial charge in [-0.1, -0.05) is 6.07 Å². The number of carbonyl (C=O) groups excluding carboxylic acids is 1. The van der Waals surface area contributed by atoms with Gasteiger partial charge in [0, 0.05) is 25.7 Å². The van der Waals surface area contributed by atoms with Crippen molar-refractivity contribution < 1.29 is 18.3 Å². The minimum absolute atomic E-state index is 0.00191. The van der Waals surface area contributed by atoms with Crippen LogP contribution in [0.25, 0.3) is 11.5 Å². The van der Waals surface area contributed by atoms with Crippen LogP contribution >= 0.6 is 0 Å². The molecule has 3 heterocycles. The number of hydrogen-bond donors (Lipinski definition) is 0. The van der Waals surface area contributed by atoms with Gasteiger partial charge in [0.1, 0.15) is 5.82 Å². The number of nitrogens with zero attached hydrogens (tertiary/aromatic N) is 4. The number of hydrogen-bond acceptors (Lipinski definition) is 6. The van der Waals surface area contributed by atoms with Crippen LogP contribution in [0.4, 0.5) is 4.39 Å². The Morgan fingerprint density at radius 2 is 2.20 bits per heavy atom. The van der Waals surface area contributed by atoms with Crippen LogP contribution < -0.4 is 0 Å². The Morgan fingerprint density at radius 3 is 3.04 bits per heavy atom. The lowest BCUT2D eigenvalue weighted by molar-refractivity contribution is -0.131. The number of carbonyl (C=O) groups is 1. The standard InChI is InChI=1S/C17H19FN4O3/c1-21-13-8-22(9-14(13)24-6-5-16(21)23)10-15-19-20-17(25-15)11-3-2-4-12(18)7-11/h2-4,7,13-14H,5-6,8-10H2,1H3/t13-,14-/m0/s1. The van der Waals surface area contributed by atoms with Gasteiger partial charge in [0.15, 0.2) is 0 Å². The maximum absolute atomic E-state index is 13.3. The Hall–Kier alpha value is -2.32. The van der Waals surface area contributed by atoms with Crippen LogP contribution in [0.2, 0.25) is 0 Å². The van der Waals surface area contributed by atoms with Gasteiger partial charge in [0.05, 0.1) is 31.7 Å². The van der Waals surface area contributed by atoms with E-state index in [4.69, 9.17) is 9.15 Å². The first-order valence-electron chi connectivity index (χ1n) is 8.28. The molecule has 0 unspecified atom stereocenters. The number of likely N-dealkylation sites (tertiary alicyclic amines) is 1. The summed E-state index contributed by atoms with van der Waals surface area (Å²) in [6.45, 7) is 2.34. The molecule has 8 heteroatoms. The van der Waals surface area contributed by atoms with Gasteiger partial charge in [-0.05, 0) is 18.2 Å². The highest BCUT2D eigenvalue weighted by Gasteiger charge is 2.40. The number of fused-ring (bicyclic) bond motifs is 1. The first-order valence-corrected chi connectivity index (χ1v) is 8.28. The molecule has 2 saturated heterocycles. The molecule has 0 bridgehead atoms. The molecule has 0 aliphatic carbocycles. The number of likely N-dealkylation sites (N-methyl/N-ethyl adjacent to an activating group) is 1. The smallest absolute Gasteiger partial charge is 0.247 e. The molecule has 0 N–H and O–H groups in total. The quantitative estimate of drug-likeness (QED) is 0.834. The SMILES string of the molecule is CN1C(=O)CCO[C@H]2CN(Cc3nnc(-c4cccc(F)c4)o3)C[C@@H]21. The largest absolute Gasteiger partial charge is 0.419 e. The predicted octanol–water partition coefficient (Wildman–Crippen LogP) is 1.31. The predicted molar refractivity (Wildman–Crippen MR) is 85.9 cm³/mol. The lowest BCUT2D eigenvalue weighted by Crippen LogP contribution is -2.42. The molecule has 2 aromatic rings. The van der Waals surface area contributed by atoms with Gasteiger partial charge in [-0.2, -0.15) is 0 Å². The molecule has 0 radical (unpaired) electrons. The summed E-state index contributed by atoms with van der Waals surface area (Å²) in [5.41, 5.74) is 0.555. The Labute approximate surface area is 144 Å². The lowest BCUT2D eigenvalue weighted by atomic mass is 10.2. The second-order valence-electron chi connectivity index (χ2n) is 6.44. The summed E-state index contributed by atoms with van der Waals surface area (Å²) in [6.07, 6.45) is 0.437. The van der Waals surface area contributed by atoms with Crippen LogP contribution in [0.5, 0.6) is 0 Å². The third-order valence-electron chi connectivity index (χ3n) is 4.75. The molecule has 2 atom stereocenters. The van der Waals surface area contributed by atoms with E-state index < -0.39 is 0 Å². The van der Waals surface area contributed by atoms with E-state index in [2.05, 4.69) is 15.1 Å². The van der Waals surface area contributed by atoms with Gasteiger partial charge in [0.25, 0.3) is 0 Å². The zero-order valence-electron chi connectivity index (χ0n) is 13.9. The van der Waals surface area contributed by atoms with E-state index in [9.17, 15) is 9.18 Å². The molecule has 1 aromatic heterocycles. The van der Waals surface area contributed by atoms with E-state index in [0.29, 0.717) is 50.0 Å². The first-order chi connectivity index (χ1) is 12.1. The number of rotatable bonds is 3. The minimum Gasteiger partial charge on any atom is -0.419 e. The first kappa shape index (κ1) is 16.2. The van der Waals surface area contributed by atoms with Crippen molar-refractivity contribution in [2.24, 2.45) is 0 Å². The molecule has 1 aromatic carbocycles. The zero-order chi connectivity index (χ0) is 17.4. The fraction of sp³-hybridized carbons (Fsp3) is 0.471. The summed E-state index contributed by atoms with van der Waals surface area (Å²) in [7, 11) is 1.83. The number of amides is 1. The monoisotopic (exact) mass is 346 g/mol. The van der Waals surface area contributed by atoms with Crippen molar-refractivity contribution in [1.82, 2.24) is 20.0 Å². The zero-order valence-corrected chi connectivity index (χ0v) is 13.9. The van der Waals surface area contributed by atoms with Crippen molar-refractivity contribution in [3.63, 3.8) is 0 Å². The van der Waals surface area contributed by atoms with E-state index in [1.165, 1.54) is 12.1 Å². The van der Waals surface area contributed by atoms with Crippen LogP contribution in [0, 0.1) is 5.82 Å². The average molecular weight is 346 g/mol. The average Bonchev–Trinajstić information content (AvgIpc) is 3.19. The van der Waals surface area contributed by atoms with Gasteiger partial charge >= 0.3 is 0 Å². The summed E-state index contributed by atoms with van der Waals surface area (Å²) < 4.78 is 24.8. The molecule has 2 aliphatic heterocycles. The number of ether oxygens (including phenoxy) is 1. The second kappa shape index (κ2) is 6.53. The van der Waals surface area contributed by atoms with Crippen LogP contribution in [-0.4, -0.2) is 64.8 Å². The van der Waals surface area contributed by atoms with Crippen molar-refractivity contribution in [2.45, 2.75) is 25.1 Å². The number of halogens is 1. The minimum atomic E-state index is -0.346. The van der Waals surface area contributed by atoms with Crippen LogP contribution in [-0.2, 0) is 16.1 Å². The van der Waals surface area contributed by atoms with Crippen LogP contribution in [0.3, 0.4) is 0 Å². The third-order valence-corrected chi connectivity index (χ3v) is 4.75. The molecule has 2 aliphatic rings. The van der Waals surface area contributed by atoms with E-state index in [-0.39, 0.29) is 23.9 Å². The van der Waals surface area contributed by atoms with Gasteiger partial charge in [-0.3, -0.25) is 9.69 Å². The molecule has 0 spiro atoms. The number of aromatic nitrogens is 2. The van der Waals surface area contributed by atoms with Crippen LogP contribution in [0.15, 0.2) is 28.7 Å². The van der Waals surface area contributed by atoms with Gasteiger partial charge in [-0.15, -0.1) is 10.2 Å². The highest BCUT2D eigenvalue weighted by molar-refractivity contribution is 5.76. The summed E-state index contributed by atoms with van der Waals surface area (Å²) in [5.74, 6) is 0.526. The van der Waals surface area contributed by atoms with Crippen molar-refractivity contribution in [1.29, 1.82) is 0 Å². The van der Waals surface area contributed by atoms with E-state index in [1.54, 1.807) is 17.0 Å². The fourth-order valence-corrected chi connectivity index (χ4v) is 3.40. The molecule has 0 saturated carbocycles. The second-order valence-corrected chi connectivity index (χ2v) is 6.44. The molecule has 7 nitrogen and oxygen atoms in total. The van der Waals surface area contributed by atoms with E-state index in [0.717, 1.165) is 0 Å². The van der Waals surface area contributed by atoms with Crippen LogP contribution in [0.1, 0.15) is 12.3 Å². The van der Waals surface area contributed by atoms with E-state index in [1.807, 2.05) is 7.05 Å². The maximum atomic E-state index is 13.3. The van der Waals surface area contributed by atoms with Gasteiger partial charge in [-0.25, -0.2) is 4.39 Å². The molecular formula is C17H19FN4O3. The summed E-state index contributed by atoms with van der Waals surface area (Å²) in [5, 5.41) is 8.05. The Balaban J connectivity index is 1.44. The molecule has 2 fully saturated rings. The fourth-order valence-electron chi connectivity index (χ4n) is 3.40. The Morgan fingerprint density at radius 1 is 1.32 bits per heavy atom. The molecule has 1 amide bonds. The topological polar surface area (TPSA) is 71.7 Å². The molecular weight excluding hydrogens is 327 g/mol. The van der Waals surface area contributed by atoms with Crippen molar-refractivity contribution >= 4 is 5.91 Å². The normalized spacial score (nSPS) is 24.4. The summed E-state index contributed by atoms with van der Waals surface area (Å²) >= 11 is 0. The van der Waals surface area contributed by atoms with Gasteiger partial charge in [0.2, 0.25) is 17.7 Å². The maximum Gasteiger partial charge on any atom is 0.247 e. The van der Waals surface area contributed by atoms with Crippen molar-refractivity contribution in [2.75, 3.05) is 26.7 Å².